The molecule has 0 saturated carbocycles. The summed E-state index contributed by atoms with van der Waals surface area (Å²) in [5.74, 6) is 0.860. The number of hydrogen-bond donors (Lipinski definition) is 0. The Morgan fingerprint density at radius 1 is 1.04 bits per heavy atom. The zero-order valence-electron chi connectivity index (χ0n) is 12.0. The number of halogens is 2. The number of aromatic nitrogens is 3. The van der Waals surface area contributed by atoms with Crippen LogP contribution in [0.5, 0.6) is 17.4 Å². The molecule has 7 heteroatoms. The molecule has 3 rings (SSSR count). The lowest BCUT2D eigenvalue weighted by atomic mass is 10.1. The zero-order chi connectivity index (χ0) is 16.2. The van der Waals surface area contributed by atoms with Crippen molar-refractivity contribution in [2.75, 3.05) is 7.11 Å². The van der Waals surface area contributed by atoms with Crippen LogP contribution in [0.15, 0.2) is 48.9 Å². The highest BCUT2D eigenvalue weighted by Gasteiger charge is 2.14. The minimum absolute atomic E-state index is 0.363. The summed E-state index contributed by atoms with van der Waals surface area (Å²) < 4.78 is 25.0. The van der Waals surface area contributed by atoms with Crippen LogP contribution in [0.3, 0.4) is 0 Å². The average Bonchev–Trinajstić information content (AvgIpc) is 2.57. The zero-order valence-corrected chi connectivity index (χ0v) is 14.2. The van der Waals surface area contributed by atoms with E-state index in [0.29, 0.717) is 32.3 Å². The minimum Gasteiger partial charge on any atom is -0.496 e. The van der Waals surface area contributed by atoms with E-state index in [4.69, 9.17) is 9.47 Å². The molecule has 3 aromatic rings. The van der Waals surface area contributed by atoms with Crippen LogP contribution >= 0.6 is 22.6 Å². The van der Waals surface area contributed by atoms with Gasteiger partial charge in [0.15, 0.2) is 9.58 Å². The van der Waals surface area contributed by atoms with E-state index in [-0.39, 0.29) is 5.82 Å². The fourth-order valence-electron chi connectivity index (χ4n) is 2.03. The number of methoxy groups -OCH3 is 1. The molecular weight excluding hydrogens is 412 g/mol. The summed E-state index contributed by atoms with van der Waals surface area (Å²) >= 11 is 2.01. The molecule has 0 atom stereocenters. The van der Waals surface area contributed by atoms with Crippen molar-refractivity contribution < 1.29 is 13.9 Å². The SMILES string of the molecule is COc1cc(F)ccc1-c1cccnc1Oc1cnc(I)nc1. The number of hydrogen-bond acceptors (Lipinski definition) is 5. The van der Waals surface area contributed by atoms with Crippen LogP contribution < -0.4 is 9.47 Å². The Morgan fingerprint density at radius 3 is 2.57 bits per heavy atom. The van der Waals surface area contributed by atoms with Gasteiger partial charge in [-0.05, 0) is 24.3 Å². The van der Waals surface area contributed by atoms with E-state index < -0.39 is 0 Å². The Labute approximate surface area is 145 Å². The Morgan fingerprint density at radius 2 is 1.83 bits per heavy atom. The molecule has 0 aliphatic rings. The van der Waals surface area contributed by atoms with Gasteiger partial charge in [0.05, 0.1) is 19.5 Å². The first-order valence-corrected chi connectivity index (χ1v) is 7.69. The molecule has 0 aliphatic carbocycles. The number of benzene rings is 1. The van der Waals surface area contributed by atoms with Gasteiger partial charge in [-0.3, -0.25) is 0 Å². The normalized spacial score (nSPS) is 10.4. The lowest BCUT2D eigenvalue weighted by Gasteiger charge is -2.12. The molecule has 0 amide bonds. The maximum absolute atomic E-state index is 13.4. The molecule has 23 heavy (non-hydrogen) atoms. The fourth-order valence-corrected chi connectivity index (χ4v) is 2.31. The Bertz CT molecular complexity index is 828. The van der Waals surface area contributed by atoms with Crippen LogP contribution in [0.2, 0.25) is 0 Å². The number of ether oxygens (including phenoxy) is 2. The minimum atomic E-state index is -0.372. The highest BCUT2D eigenvalue weighted by molar-refractivity contribution is 14.1. The highest BCUT2D eigenvalue weighted by Crippen LogP contribution is 2.36. The van der Waals surface area contributed by atoms with Crippen molar-refractivity contribution in [3.8, 4) is 28.5 Å². The first kappa shape index (κ1) is 15.6. The van der Waals surface area contributed by atoms with Crippen molar-refractivity contribution in [1.82, 2.24) is 15.0 Å². The second kappa shape index (κ2) is 6.86. The molecule has 0 saturated heterocycles. The molecule has 116 valence electrons. The van der Waals surface area contributed by atoms with Gasteiger partial charge in [0.2, 0.25) is 5.88 Å². The van der Waals surface area contributed by atoms with E-state index in [1.807, 2.05) is 28.7 Å². The van der Waals surface area contributed by atoms with Gasteiger partial charge < -0.3 is 9.47 Å². The van der Waals surface area contributed by atoms with Gasteiger partial charge >= 0.3 is 0 Å². The van der Waals surface area contributed by atoms with Gasteiger partial charge in [-0.25, -0.2) is 19.3 Å². The first-order valence-electron chi connectivity index (χ1n) is 6.61. The van der Waals surface area contributed by atoms with Crippen LogP contribution in [0.25, 0.3) is 11.1 Å². The van der Waals surface area contributed by atoms with Gasteiger partial charge in [-0.15, -0.1) is 0 Å². The van der Waals surface area contributed by atoms with E-state index >= 15 is 0 Å². The van der Waals surface area contributed by atoms with Crippen molar-refractivity contribution in [1.29, 1.82) is 0 Å². The first-order chi connectivity index (χ1) is 11.2. The predicted molar refractivity (Wildman–Crippen MR) is 91.0 cm³/mol. The number of rotatable bonds is 4. The maximum Gasteiger partial charge on any atom is 0.227 e. The molecule has 0 aliphatic heterocycles. The summed E-state index contributed by atoms with van der Waals surface area (Å²) in [6, 6.07) is 7.91. The largest absolute Gasteiger partial charge is 0.496 e. The van der Waals surface area contributed by atoms with Crippen LogP contribution in [0, 0.1) is 9.65 Å². The number of pyridine rings is 1. The van der Waals surface area contributed by atoms with Crippen LogP contribution in [0.1, 0.15) is 0 Å². The third-order valence-corrected chi connectivity index (χ3v) is 3.59. The maximum atomic E-state index is 13.4. The average molecular weight is 423 g/mol. The molecule has 0 fully saturated rings. The smallest absolute Gasteiger partial charge is 0.227 e. The Hall–Kier alpha value is -2.29. The van der Waals surface area contributed by atoms with Gasteiger partial charge in [-0.1, -0.05) is 0 Å². The van der Waals surface area contributed by atoms with Gasteiger partial charge in [-0.2, -0.15) is 0 Å². The molecule has 1 aromatic carbocycles. The summed E-state index contributed by atoms with van der Waals surface area (Å²) in [4.78, 5) is 12.4. The summed E-state index contributed by atoms with van der Waals surface area (Å²) in [6.07, 6.45) is 4.74. The van der Waals surface area contributed by atoms with Gasteiger partial charge in [0.1, 0.15) is 11.6 Å². The topological polar surface area (TPSA) is 57.1 Å². The third-order valence-electron chi connectivity index (χ3n) is 3.04. The highest BCUT2D eigenvalue weighted by atomic mass is 127. The van der Waals surface area contributed by atoms with E-state index in [9.17, 15) is 4.39 Å². The molecule has 5 nitrogen and oxygen atoms in total. The summed E-state index contributed by atoms with van der Waals surface area (Å²) in [7, 11) is 1.49. The van der Waals surface area contributed by atoms with E-state index in [1.165, 1.54) is 19.2 Å². The van der Waals surface area contributed by atoms with Crippen molar-refractivity contribution in [3.63, 3.8) is 0 Å². The molecule has 2 aromatic heterocycles. The predicted octanol–water partition coefficient (Wildman–Crippen LogP) is 4.08. The monoisotopic (exact) mass is 423 g/mol. The lowest BCUT2D eigenvalue weighted by Crippen LogP contribution is -1.95. The molecule has 0 spiro atoms. The van der Waals surface area contributed by atoms with E-state index in [2.05, 4.69) is 15.0 Å². The van der Waals surface area contributed by atoms with Crippen molar-refractivity contribution in [2.24, 2.45) is 0 Å². The van der Waals surface area contributed by atoms with E-state index in [0.717, 1.165) is 0 Å². The van der Waals surface area contributed by atoms with Crippen LogP contribution in [-0.2, 0) is 0 Å². The summed E-state index contributed by atoms with van der Waals surface area (Å²) in [5.41, 5.74) is 1.37. The molecular formula is C16H11FIN3O2. The van der Waals surface area contributed by atoms with Crippen molar-refractivity contribution in [3.05, 3.63) is 58.6 Å². The Kier molecular flexibility index (Phi) is 4.65. The second-order valence-electron chi connectivity index (χ2n) is 4.49. The van der Waals surface area contributed by atoms with Gasteiger partial charge in [0, 0.05) is 46.0 Å². The van der Waals surface area contributed by atoms with E-state index in [1.54, 1.807) is 30.7 Å². The molecule has 0 N–H and O–H groups in total. The quantitative estimate of drug-likeness (QED) is 0.468. The molecule has 2 heterocycles. The fraction of sp³-hybridized carbons (Fsp3) is 0.0625. The van der Waals surface area contributed by atoms with Crippen LogP contribution in [0.4, 0.5) is 4.39 Å². The second-order valence-corrected chi connectivity index (χ2v) is 5.46. The third kappa shape index (κ3) is 3.55. The molecule has 0 bridgehead atoms. The summed E-state index contributed by atoms with van der Waals surface area (Å²) in [5, 5.41) is 0. The molecule has 0 radical (unpaired) electrons. The van der Waals surface area contributed by atoms with Gasteiger partial charge in [0.25, 0.3) is 0 Å². The summed E-state index contributed by atoms with van der Waals surface area (Å²) in [6.45, 7) is 0. The number of nitrogens with zero attached hydrogens (tertiary/aromatic N) is 3. The Balaban J connectivity index is 2.03. The van der Waals surface area contributed by atoms with Crippen molar-refractivity contribution >= 4 is 22.6 Å². The molecule has 0 unspecified atom stereocenters. The lowest BCUT2D eigenvalue weighted by molar-refractivity contribution is 0.412. The van der Waals surface area contributed by atoms with Crippen LogP contribution in [-0.4, -0.2) is 22.1 Å². The standard InChI is InChI=1S/C16H11FIN3O2/c1-22-14-7-10(17)4-5-12(14)13-3-2-6-19-15(13)23-11-8-20-16(18)21-9-11/h2-9H,1H3. The van der Waals surface area contributed by atoms with Crippen molar-refractivity contribution in [2.45, 2.75) is 0 Å².